The van der Waals surface area contributed by atoms with Gasteiger partial charge in [0.15, 0.2) is 0 Å². The van der Waals surface area contributed by atoms with Crippen molar-refractivity contribution >= 4 is 45.9 Å². The van der Waals surface area contributed by atoms with Crippen molar-refractivity contribution in [3.05, 3.63) is 101 Å². The molecule has 0 radical (unpaired) electrons. The lowest BCUT2D eigenvalue weighted by Gasteiger charge is -2.36. The summed E-state index contributed by atoms with van der Waals surface area (Å²) in [6, 6.07) is 16.8. The molecule has 0 saturated carbocycles. The minimum absolute atomic E-state index is 0.0673. The molecule has 1 fully saturated rings. The lowest BCUT2D eigenvalue weighted by Crippen LogP contribution is -2.46. The Hall–Kier alpha value is -5.68. The lowest BCUT2D eigenvalue weighted by atomic mass is 9.95. The number of hydrogen-bond acceptors (Lipinski definition) is 11. The van der Waals surface area contributed by atoms with Crippen LogP contribution in [0, 0.1) is 5.92 Å². The van der Waals surface area contributed by atoms with Gasteiger partial charge in [0, 0.05) is 55.4 Å². The maximum Gasteiger partial charge on any atom is 0.336 e. The van der Waals surface area contributed by atoms with E-state index in [0.717, 1.165) is 34.0 Å². The van der Waals surface area contributed by atoms with E-state index in [9.17, 15) is 34.2 Å². The number of ether oxygens (including phenoxy) is 4. The van der Waals surface area contributed by atoms with Crippen molar-refractivity contribution in [3.63, 3.8) is 0 Å². The zero-order valence-electron chi connectivity index (χ0n) is 31.0. The van der Waals surface area contributed by atoms with Crippen LogP contribution in [-0.2, 0) is 35.1 Å². The second-order valence-electron chi connectivity index (χ2n) is 13.0. The van der Waals surface area contributed by atoms with Gasteiger partial charge in [0.1, 0.15) is 6.54 Å². The van der Waals surface area contributed by atoms with E-state index in [4.69, 9.17) is 18.9 Å². The average molecular weight is 774 g/mol. The predicted octanol–water partition coefficient (Wildman–Crippen LogP) is 2.93. The molecule has 1 atom stereocenters. The summed E-state index contributed by atoms with van der Waals surface area (Å²) in [7, 11) is 0. The van der Waals surface area contributed by atoms with Gasteiger partial charge in [0.05, 0.1) is 87.5 Å². The molecule has 56 heavy (non-hydrogen) atoms. The third-order valence-corrected chi connectivity index (χ3v) is 9.12. The monoisotopic (exact) mass is 773 g/mol. The Kier molecular flexibility index (Phi) is 15.9. The van der Waals surface area contributed by atoms with Crippen molar-refractivity contribution in [3.8, 4) is 0 Å². The van der Waals surface area contributed by atoms with E-state index < -0.39 is 29.9 Å². The average Bonchev–Trinajstić information content (AvgIpc) is 3.21. The lowest BCUT2D eigenvalue weighted by molar-refractivity contribution is -0.137. The topological polar surface area (TPSA) is 199 Å². The van der Waals surface area contributed by atoms with Gasteiger partial charge in [-0.05, 0) is 31.0 Å². The van der Waals surface area contributed by atoms with Crippen molar-refractivity contribution in [1.29, 1.82) is 0 Å². The van der Waals surface area contributed by atoms with Gasteiger partial charge in [0.2, 0.25) is 5.91 Å². The normalized spacial score (nSPS) is 14.1. The smallest absolute Gasteiger partial charge is 0.336 e. The third kappa shape index (κ3) is 11.9. The van der Waals surface area contributed by atoms with Gasteiger partial charge in [-0.1, -0.05) is 36.4 Å². The molecule has 298 valence electrons. The van der Waals surface area contributed by atoms with E-state index >= 15 is 0 Å². The molecule has 16 nitrogen and oxygen atoms in total. The molecule has 1 saturated heterocycles. The van der Waals surface area contributed by atoms with E-state index in [0.29, 0.717) is 51.7 Å². The number of rotatable bonds is 22. The maximum absolute atomic E-state index is 14.2. The van der Waals surface area contributed by atoms with Crippen molar-refractivity contribution in [1.82, 2.24) is 14.9 Å². The Labute approximate surface area is 323 Å². The summed E-state index contributed by atoms with van der Waals surface area (Å²) in [6.07, 6.45) is 6.52. The van der Waals surface area contributed by atoms with Gasteiger partial charge in [-0.3, -0.25) is 24.2 Å². The van der Waals surface area contributed by atoms with E-state index in [2.05, 4.69) is 15.2 Å². The number of fused-ring (bicyclic) bond motifs is 1. The van der Waals surface area contributed by atoms with Crippen LogP contribution in [0.4, 0.5) is 11.4 Å². The van der Waals surface area contributed by atoms with Crippen LogP contribution in [0.3, 0.4) is 0 Å². The van der Waals surface area contributed by atoms with Crippen LogP contribution in [0.25, 0.3) is 10.8 Å². The fraction of sp³-hybridized carbons (Fsp3) is 0.400. The van der Waals surface area contributed by atoms with Gasteiger partial charge < -0.3 is 48.8 Å². The molecule has 4 aromatic rings. The molecule has 3 heterocycles. The quantitative estimate of drug-likeness (QED) is 0.0987. The standard InChI is InChI=1S/C40H47N5O11/c46-36-12-11-31(27-44(36)28-37(47)48)45(39(50)30-7-5-14-43(26-30)35-25-41-24-29-6-1-2-8-32(29)35)15-17-54-19-21-56-23-22-55-20-18-53-16-13-42-38(49)33-9-3-4-10-34(33)40(51)52/h1-4,6,8-12,24-25,27,30H,5,7,13-23,26,28H2,(H,42,49)(H,47,48)(H,51,52)/t30-/m0/s1. The van der Waals surface area contributed by atoms with Gasteiger partial charge >= 0.3 is 11.9 Å². The predicted molar refractivity (Wildman–Crippen MR) is 206 cm³/mol. The minimum Gasteiger partial charge on any atom is -0.480 e. The van der Waals surface area contributed by atoms with E-state index in [1.165, 1.54) is 30.5 Å². The number of pyridine rings is 2. The molecule has 1 aliphatic rings. The number of benzene rings is 2. The number of aromatic carboxylic acids is 1. The summed E-state index contributed by atoms with van der Waals surface area (Å²) in [5.41, 5.74) is 0.910. The van der Waals surface area contributed by atoms with Crippen LogP contribution in [0.1, 0.15) is 33.6 Å². The van der Waals surface area contributed by atoms with Crippen molar-refractivity contribution < 1.29 is 48.3 Å². The number of carboxylic acids is 2. The van der Waals surface area contributed by atoms with Crippen LogP contribution >= 0.6 is 0 Å². The summed E-state index contributed by atoms with van der Waals surface area (Å²) in [5.74, 6) is -3.33. The summed E-state index contributed by atoms with van der Waals surface area (Å²) < 4.78 is 23.4. The summed E-state index contributed by atoms with van der Waals surface area (Å²) in [5, 5.41) is 23.3. The Bertz CT molecular complexity index is 2000. The fourth-order valence-corrected chi connectivity index (χ4v) is 6.40. The molecule has 16 heteroatoms. The first-order chi connectivity index (χ1) is 27.2. The molecule has 2 aromatic heterocycles. The van der Waals surface area contributed by atoms with Gasteiger partial charge in [-0.2, -0.15) is 0 Å². The van der Waals surface area contributed by atoms with Gasteiger partial charge in [-0.25, -0.2) is 4.79 Å². The Morgan fingerprint density at radius 2 is 1.46 bits per heavy atom. The van der Waals surface area contributed by atoms with Crippen molar-refractivity contribution in [2.75, 3.05) is 88.8 Å². The second-order valence-corrected chi connectivity index (χ2v) is 13.0. The highest BCUT2D eigenvalue weighted by atomic mass is 16.6. The number of carbonyl (C=O) groups is 4. The molecule has 1 aliphatic heterocycles. The number of piperidine rings is 1. The highest BCUT2D eigenvalue weighted by Crippen LogP contribution is 2.31. The van der Waals surface area contributed by atoms with Crippen LogP contribution in [0.15, 0.2) is 84.0 Å². The highest BCUT2D eigenvalue weighted by Gasteiger charge is 2.31. The Morgan fingerprint density at radius 1 is 0.804 bits per heavy atom. The van der Waals surface area contributed by atoms with Gasteiger partial charge in [0.25, 0.3) is 11.5 Å². The third-order valence-electron chi connectivity index (χ3n) is 9.12. The first kappa shape index (κ1) is 41.5. The van der Waals surface area contributed by atoms with Crippen molar-refractivity contribution in [2.45, 2.75) is 19.4 Å². The number of aromatic nitrogens is 2. The molecule has 3 N–H and O–H groups in total. The van der Waals surface area contributed by atoms with Crippen molar-refractivity contribution in [2.24, 2.45) is 5.92 Å². The highest BCUT2D eigenvalue weighted by molar-refractivity contribution is 6.04. The molecule has 2 aromatic carbocycles. The van der Waals surface area contributed by atoms with Crippen LogP contribution in [0.5, 0.6) is 0 Å². The first-order valence-electron chi connectivity index (χ1n) is 18.5. The molecule has 0 aliphatic carbocycles. The van der Waals surface area contributed by atoms with E-state index in [1.807, 2.05) is 36.7 Å². The zero-order chi connectivity index (χ0) is 39.7. The van der Waals surface area contributed by atoms with E-state index in [1.54, 1.807) is 17.0 Å². The summed E-state index contributed by atoms with van der Waals surface area (Å²) in [4.78, 5) is 69.7. The fourth-order valence-electron chi connectivity index (χ4n) is 6.40. The van der Waals surface area contributed by atoms with Crippen LogP contribution in [0.2, 0.25) is 0 Å². The zero-order valence-corrected chi connectivity index (χ0v) is 31.0. The number of carbonyl (C=O) groups excluding carboxylic acids is 2. The summed E-state index contributed by atoms with van der Waals surface area (Å²) in [6.45, 7) is 3.34. The number of nitrogens with one attached hydrogen (secondary N) is 1. The number of aliphatic carboxylic acids is 1. The van der Waals surface area contributed by atoms with Crippen LogP contribution in [-0.4, -0.2) is 123 Å². The Morgan fingerprint density at radius 3 is 2.18 bits per heavy atom. The second kappa shape index (κ2) is 21.4. The number of anilines is 2. The molecule has 2 amide bonds. The number of hydrogen-bond donors (Lipinski definition) is 3. The molecule has 0 spiro atoms. The Balaban J connectivity index is 1.02. The van der Waals surface area contributed by atoms with Gasteiger partial charge in [-0.15, -0.1) is 0 Å². The van der Waals surface area contributed by atoms with Crippen LogP contribution < -0.4 is 20.7 Å². The molecular weight excluding hydrogens is 726 g/mol. The minimum atomic E-state index is -1.17. The number of carboxylic acid groups (broad SMARTS) is 2. The molecule has 5 rings (SSSR count). The largest absolute Gasteiger partial charge is 0.480 e. The molecular formula is C40H47N5O11. The molecule has 0 bridgehead atoms. The van der Waals surface area contributed by atoms with E-state index in [-0.39, 0.29) is 55.9 Å². The number of nitrogens with zero attached hydrogens (tertiary/aromatic N) is 4. The summed E-state index contributed by atoms with van der Waals surface area (Å²) >= 11 is 0. The SMILES string of the molecule is O=C(O)Cn1cc(N(CCOCCOCCOCCOCCNC(=O)c2ccccc2C(=O)O)C(=O)[C@H]2CCCN(c3cncc4ccccc34)C2)ccc1=O. The number of amides is 2. The molecule has 0 unspecified atom stereocenters. The maximum atomic E-state index is 14.2. The first-order valence-corrected chi connectivity index (χ1v) is 18.5.